The number of carboxylic acid groups (broad SMARTS) is 2. The Morgan fingerprint density at radius 2 is 0.974 bits per heavy atom. The number of benzene rings is 2. The van der Waals surface area contributed by atoms with Crippen molar-refractivity contribution in [3.05, 3.63) is 83.9 Å². The van der Waals surface area contributed by atoms with Gasteiger partial charge < -0.3 is 10.2 Å². The van der Waals surface area contributed by atoms with Gasteiger partial charge in [0, 0.05) is 39.1 Å². The number of carbonyl (C=O) groups is 2. The highest BCUT2D eigenvalue weighted by Gasteiger charge is 2.20. The summed E-state index contributed by atoms with van der Waals surface area (Å²) in [5.41, 5.74) is 3.11. The highest BCUT2D eigenvalue weighted by molar-refractivity contribution is 7.94. The van der Waals surface area contributed by atoms with Crippen LogP contribution < -0.4 is 0 Å². The third-order valence-electron chi connectivity index (χ3n) is 5.81. The number of hydrogen-bond acceptors (Lipinski definition) is 7. The smallest absolute Gasteiger partial charge is 0.307 e. The van der Waals surface area contributed by atoms with E-state index >= 15 is 0 Å². The fraction of sp³-hybridized carbons (Fsp3) is 0.0714. The first-order valence-corrected chi connectivity index (χ1v) is 15.3. The summed E-state index contributed by atoms with van der Waals surface area (Å²) in [5, 5.41) is 19.0. The molecule has 0 bridgehead atoms. The zero-order chi connectivity index (χ0) is 27.5. The molecule has 0 spiro atoms. The number of halogens is 2. The van der Waals surface area contributed by atoms with Gasteiger partial charge in [-0.3, -0.25) is 9.59 Å². The van der Waals surface area contributed by atoms with Crippen LogP contribution in [-0.2, 0) is 22.4 Å². The van der Waals surface area contributed by atoms with Gasteiger partial charge in [0.2, 0.25) is 0 Å². The maximum atomic E-state index is 12.9. The molecule has 4 nitrogen and oxygen atoms in total. The van der Waals surface area contributed by atoms with E-state index in [9.17, 15) is 27.6 Å². The van der Waals surface area contributed by atoms with Crippen molar-refractivity contribution in [2.45, 2.75) is 22.6 Å². The highest BCUT2D eigenvalue weighted by Crippen LogP contribution is 2.47. The van der Waals surface area contributed by atoms with E-state index in [1.807, 2.05) is 48.5 Å². The predicted octanol–water partition coefficient (Wildman–Crippen LogP) is 9.75. The summed E-state index contributed by atoms with van der Waals surface area (Å²) in [6, 6.07) is 21.6. The van der Waals surface area contributed by atoms with Gasteiger partial charge >= 0.3 is 11.9 Å². The molecule has 3 heterocycles. The summed E-state index contributed by atoms with van der Waals surface area (Å²) < 4.78 is 25.7. The van der Waals surface area contributed by atoms with Crippen molar-refractivity contribution in [3.8, 4) is 40.4 Å². The minimum Gasteiger partial charge on any atom is -0.481 e. The van der Waals surface area contributed by atoms with Gasteiger partial charge in [-0.15, -0.1) is 34.0 Å². The van der Waals surface area contributed by atoms with Gasteiger partial charge in [0.15, 0.2) is 0 Å². The molecular formula is C28H18F2O4S5. The fourth-order valence-corrected chi connectivity index (χ4v) is 8.22. The molecule has 11 heteroatoms. The molecule has 0 saturated carbocycles. The Balaban J connectivity index is 1.53. The lowest BCUT2D eigenvalue weighted by atomic mass is 10.1. The van der Waals surface area contributed by atoms with Crippen molar-refractivity contribution in [1.82, 2.24) is 0 Å². The Labute approximate surface area is 243 Å². The maximum Gasteiger partial charge on any atom is 0.307 e. The molecule has 0 aliphatic rings. The van der Waals surface area contributed by atoms with Crippen molar-refractivity contribution in [1.29, 1.82) is 0 Å². The normalized spacial score (nSPS) is 11.1. The van der Waals surface area contributed by atoms with Crippen LogP contribution >= 0.6 is 58.3 Å². The summed E-state index contributed by atoms with van der Waals surface area (Å²) in [5.74, 6) is -1.88. The van der Waals surface area contributed by atoms with E-state index in [1.165, 1.54) is 34.0 Å². The molecule has 5 rings (SSSR count). The average Bonchev–Trinajstić information content (AvgIpc) is 3.67. The van der Waals surface area contributed by atoms with Crippen LogP contribution in [-0.4, -0.2) is 22.2 Å². The van der Waals surface area contributed by atoms with Gasteiger partial charge in [-0.2, -0.15) is 7.77 Å². The Morgan fingerprint density at radius 1 is 0.590 bits per heavy atom. The van der Waals surface area contributed by atoms with Gasteiger partial charge in [0.05, 0.1) is 37.1 Å². The van der Waals surface area contributed by atoms with E-state index in [2.05, 4.69) is 0 Å². The third kappa shape index (κ3) is 6.28. The van der Waals surface area contributed by atoms with E-state index in [0.717, 1.165) is 40.4 Å². The lowest BCUT2D eigenvalue weighted by molar-refractivity contribution is -0.137. The minimum atomic E-state index is -0.939. The SMILES string of the molecule is O=C(O)Cc1cc(-c2ccc(SF)cc2)sc1-c1ccc(-c2sc(-c3ccc(SF)cc3)cc2CC(=O)O)s1. The quantitative estimate of drug-likeness (QED) is 0.163. The first-order valence-electron chi connectivity index (χ1n) is 11.4. The summed E-state index contributed by atoms with van der Waals surface area (Å²) in [7, 11) is 0. The van der Waals surface area contributed by atoms with Crippen molar-refractivity contribution >= 4 is 70.2 Å². The number of rotatable bonds is 10. The van der Waals surface area contributed by atoms with Gasteiger partial charge in [-0.05, 0) is 70.8 Å². The first kappa shape index (κ1) is 27.6. The van der Waals surface area contributed by atoms with Gasteiger partial charge in [0.1, 0.15) is 0 Å². The molecule has 39 heavy (non-hydrogen) atoms. The van der Waals surface area contributed by atoms with Gasteiger partial charge in [-0.25, -0.2) is 0 Å². The molecule has 5 aromatic rings. The molecule has 0 fully saturated rings. The Hall–Kier alpha value is -2.96. The van der Waals surface area contributed by atoms with Crippen LogP contribution in [0, 0.1) is 0 Å². The molecule has 0 radical (unpaired) electrons. The van der Waals surface area contributed by atoms with E-state index in [-0.39, 0.29) is 37.1 Å². The average molecular weight is 617 g/mol. The van der Waals surface area contributed by atoms with Crippen molar-refractivity contribution in [2.75, 3.05) is 0 Å². The first-order chi connectivity index (χ1) is 18.8. The van der Waals surface area contributed by atoms with Crippen molar-refractivity contribution < 1.29 is 27.6 Å². The Kier molecular flexibility index (Phi) is 8.53. The second-order valence-corrected chi connectivity index (χ2v) is 12.9. The fourth-order valence-electron chi connectivity index (χ4n) is 4.07. The monoisotopic (exact) mass is 616 g/mol. The van der Waals surface area contributed by atoms with Crippen LogP contribution in [0.25, 0.3) is 40.4 Å². The minimum absolute atomic E-state index is 0.141. The summed E-state index contributed by atoms with van der Waals surface area (Å²) in [4.78, 5) is 29.4. The molecule has 0 saturated heterocycles. The lowest BCUT2D eigenvalue weighted by Gasteiger charge is -2.00. The van der Waals surface area contributed by atoms with Crippen LogP contribution in [0.1, 0.15) is 11.1 Å². The number of carboxylic acids is 2. The van der Waals surface area contributed by atoms with Crippen LogP contribution in [0.5, 0.6) is 0 Å². The molecule has 3 aromatic heterocycles. The zero-order valence-electron chi connectivity index (χ0n) is 19.9. The third-order valence-corrected chi connectivity index (χ3v) is 10.6. The second-order valence-electron chi connectivity index (χ2n) is 8.44. The summed E-state index contributed by atoms with van der Waals surface area (Å²) in [6.45, 7) is 0. The Morgan fingerprint density at radius 3 is 1.31 bits per heavy atom. The number of aliphatic carboxylic acids is 2. The van der Waals surface area contributed by atoms with E-state index < -0.39 is 11.9 Å². The van der Waals surface area contributed by atoms with Crippen LogP contribution in [0.4, 0.5) is 7.77 Å². The standard InChI is InChI=1S/C28H18F2O4S5/c29-38-19-5-1-15(2-6-19)23-11-17(13-25(31)32)27(36-23)21-9-10-22(35-21)28-18(14-26(33)34)12-24(37-28)16-3-7-20(39-30)8-4-16/h1-12H,13-14H2,(H,31,32)(H,33,34). The van der Waals surface area contributed by atoms with Crippen LogP contribution in [0.15, 0.2) is 82.6 Å². The molecule has 0 aliphatic carbocycles. The zero-order valence-corrected chi connectivity index (χ0v) is 23.9. The van der Waals surface area contributed by atoms with Gasteiger partial charge in [-0.1, -0.05) is 24.3 Å². The number of thiophene rings is 3. The van der Waals surface area contributed by atoms with Crippen molar-refractivity contribution in [3.63, 3.8) is 0 Å². The van der Waals surface area contributed by atoms with Crippen LogP contribution in [0.3, 0.4) is 0 Å². The summed E-state index contributed by atoms with van der Waals surface area (Å²) >= 11 is 4.76. The maximum absolute atomic E-state index is 12.9. The van der Waals surface area contributed by atoms with Crippen molar-refractivity contribution in [2.24, 2.45) is 0 Å². The molecule has 0 atom stereocenters. The lowest BCUT2D eigenvalue weighted by Crippen LogP contribution is -1.99. The predicted molar refractivity (Wildman–Crippen MR) is 158 cm³/mol. The molecular weight excluding hydrogens is 599 g/mol. The Bertz CT molecular complexity index is 1520. The molecule has 0 amide bonds. The molecule has 2 N–H and O–H groups in total. The largest absolute Gasteiger partial charge is 0.481 e. The topological polar surface area (TPSA) is 74.6 Å². The number of hydrogen-bond donors (Lipinski definition) is 2. The molecule has 0 unspecified atom stereocenters. The molecule has 0 aliphatic heterocycles. The van der Waals surface area contributed by atoms with E-state index in [1.54, 1.807) is 24.3 Å². The van der Waals surface area contributed by atoms with E-state index in [4.69, 9.17) is 0 Å². The molecule has 198 valence electrons. The van der Waals surface area contributed by atoms with E-state index in [0.29, 0.717) is 20.9 Å². The summed E-state index contributed by atoms with van der Waals surface area (Å²) in [6.07, 6.45) is -0.282. The molecule has 2 aromatic carbocycles. The highest BCUT2D eigenvalue weighted by atomic mass is 32.2. The van der Waals surface area contributed by atoms with Gasteiger partial charge in [0.25, 0.3) is 0 Å². The van der Waals surface area contributed by atoms with Crippen LogP contribution in [0.2, 0.25) is 0 Å². The second kappa shape index (κ2) is 12.1.